The zero-order valence-corrected chi connectivity index (χ0v) is 11.9. The third kappa shape index (κ3) is 7.15. The Kier molecular flexibility index (Phi) is 7.48. The van der Waals surface area contributed by atoms with E-state index in [2.05, 4.69) is 17.1 Å². The summed E-state index contributed by atoms with van der Waals surface area (Å²) in [5.74, 6) is -0.484. The number of nitrogens with zero attached hydrogens (tertiary/aromatic N) is 1. The first-order valence-electron chi connectivity index (χ1n) is 7.32. The van der Waals surface area contributed by atoms with Crippen molar-refractivity contribution < 1.29 is 14.7 Å². The van der Waals surface area contributed by atoms with E-state index in [1.165, 1.54) is 32.1 Å². The molecule has 5 nitrogen and oxygen atoms in total. The molecule has 5 heteroatoms. The number of carboxylic acid groups (broad SMARTS) is 1. The van der Waals surface area contributed by atoms with Gasteiger partial charge in [-0.25, -0.2) is 0 Å². The van der Waals surface area contributed by atoms with Gasteiger partial charge in [-0.2, -0.15) is 0 Å². The molecule has 0 unspecified atom stereocenters. The molecule has 0 saturated heterocycles. The van der Waals surface area contributed by atoms with Crippen molar-refractivity contribution in [2.24, 2.45) is 5.92 Å². The SMILES string of the molecule is CCCN(CC(=O)NCC(=O)O)CC1CCCCC1. The van der Waals surface area contributed by atoms with E-state index in [-0.39, 0.29) is 12.5 Å². The van der Waals surface area contributed by atoms with Crippen molar-refractivity contribution in [2.75, 3.05) is 26.2 Å². The molecule has 2 N–H and O–H groups in total. The highest BCUT2D eigenvalue weighted by molar-refractivity contribution is 5.82. The van der Waals surface area contributed by atoms with Crippen LogP contribution in [-0.2, 0) is 9.59 Å². The van der Waals surface area contributed by atoms with Crippen molar-refractivity contribution in [2.45, 2.75) is 45.4 Å². The first kappa shape index (κ1) is 16.0. The Morgan fingerprint density at radius 2 is 1.95 bits per heavy atom. The van der Waals surface area contributed by atoms with E-state index in [9.17, 15) is 9.59 Å². The third-order valence-electron chi connectivity index (χ3n) is 3.58. The Morgan fingerprint density at radius 1 is 1.26 bits per heavy atom. The summed E-state index contributed by atoms with van der Waals surface area (Å²) in [7, 11) is 0. The van der Waals surface area contributed by atoms with Gasteiger partial charge in [0.2, 0.25) is 5.91 Å². The second-order valence-electron chi connectivity index (χ2n) is 5.41. The van der Waals surface area contributed by atoms with Gasteiger partial charge in [-0.15, -0.1) is 0 Å². The highest BCUT2D eigenvalue weighted by Crippen LogP contribution is 2.24. The predicted octanol–water partition coefficient (Wildman–Crippen LogP) is 1.48. The van der Waals surface area contributed by atoms with Gasteiger partial charge >= 0.3 is 5.97 Å². The number of carbonyl (C=O) groups excluding carboxylic acids is 1. The first-order chi connectivity index (χ1) is 9.11. The number of aliphatic carboxylic acids is 1. The van der Waals surface area contributed by atoms with E-state index >= 15 is 0 Å². The van der Waals surface area contributed by atoms with Gasteiger partial charge in [0.15, 0.2) is 0 Å². The summed E-state index contributed by atoms with van der Waals surface area (Å²) in [6.07, 6.45) is 7.47. The van der Waals surface area contributed by atoms with Crippen molar-refractivity contribution in [3.05, 3.63) is 0 Å². The van der Waals surface area contributed by atoms with E-state index in [1.54, 1.807) is 0 Å². The molecular weight excluding hydrogens is 244 g/mol. The van der Waals surface area contributed by atoms with Crippen LogP contribution in [0, 0.1) is 5.92 Å². The van der Waals surface area contributed by atoms with Crippen LogP contribution in [-0.4, -0.2) is 48.1 Å². The summed E-state index contributed by atoms with van der Waals surface area (Å²) < 4.78 is 0. The van der Waals surface area contributed by atoms with Gasteiger partial charge in [-0.1, -0.05) is 26.2 Å². The van der Waals surface area contributed by atoms with Crippen LogP contribution < -0.4 is 5.32 Å². The van der Waals surface area contributed by atoms with Gasteiger partial charge in [0.05, 0.1) is 6.54 Å². The Labute approximate surface area is 115 Å². The molecule has 1 saturated carbocycles. The standard InChI is InChI=1S/C14H26N2O3/c1-2-8-16(10-12-6-4-3-5-7-12)11-13(17)15-9-14(18)19/h12H,2-11H2,1H3,(H,15,17)(H,18,19). The number of amides is 1. The molecule has 19 heavy (non-hydrogen) atoms. The summed E-state index contributed by atoms with van der Waals surface area (Å²) in [6.45, 7) is 3.99. The summed E-state index contributed by atoms with van der Waals surface area (Å²) in [6, 6.07) is 0. The summed E-state index contributed by atoms with van der Waals surface area (Å²) >= 11 is 0. The Balaban J connectivity index is 2.33. The molecule has 0 atom stereocenters. The van der Waals surface area contributed by atoms with Gasteiger partial charge in [-0.3, -0.25) is 14.5 Å². The van der Waals surface area contributed by atoms with Crippen LogP contribution in [0.3, 0.4) is 0 Å². The maximum absolute atomic E-state index is 11.7. The van der Waals surface area contributed by atoms with Gasteiger partial charge < -0.3 is 10.4 Å². The molecule has 1 fully saturated rings. The number of rotatable bonds is 8. The van der Waals surface area contributed by atoms with Crippen molar-refractivity contribution in [3.8, 4) is 0 Å². The molecule has 0 heterocycles. The predicted molar refractivity (Wildman–Crippen MR) is 74.0 cm³/mol. The fraction of sp³-hybridized carbons (Fsp3) is 0.857. The van der Waals surface area contributed by atoms with Gasteiger partial charge in [0.25, 0.3) is 0 Å². The van der Waals surface area contributed by atoms with Gasteiger partial charge in [0, 0.05) is 6.54 Å². The summed E-state index contributed by atoms with van der Waals surface area (Å²) in [5, 5.41) is 11.0. The first-order valence-corrected chi connectivity index (χ1v) is 7.32. The lowest BCUT2D eigenvalue weighted by atomic mass is 9.89. The zero-order valence-electron chi connectivity index (χ0n) is 11.9. The molecular formula is C14H26N2O3. The molecule has 0 aliphatic heterocycles. The molecule has 0 aromatic heterocycles. The molecule has 1 aliphatic rings. The normalized spacial score (nSPS) is 16.5. The highest BCUT2D eigenvalue weighted by Gasteiger charge is 2.18. The average molecular weight is 270 g/mol. The minimum absolute atomic E-state index is 0.188. The fourth-order valence-corrected chi connectivity index (χ4v) is 2.72. The average Bonchev–Trinajstić information content (AvgIpc) is 2.38. The smallest absolute Gasteiger partial charge is 0.322 e. The van der Waals surface area contributed by atoms with Crippen LogP contribution in [0.5, 0.6) is 0 Å². The van der Waals surface area contributed by atoms with Crippen LogP contribution in [0.25, 0.3) is 0 Å². The van der Waals surface area contributed by atoms with Crippen molar-refractivity contribution in [1.82, 2.24) is 10.2 Å². The zero-order chi connectivity index (χ0) is 14.1. The van der Waals surface area contributed by atoms with Crippen LogP contribution in [0.4, 0.5) is 0 Å². The van der Waals surface area contributed by atoms with E-state index in [1.807, 2.05) is 0 Å². The molecule has 110 valence electrons. The molecule has 0 spiro atoms. The molecule has 0 bridgehead atoms. The number of nitrogens with one attached hydrogen (secondary N) is 1. The van der Waals surface area contributed by atoms with Gasteiger partial charge in [0.1, 0.15) is 6.54 Å². The number of carbonyl (C=O) groups is 2. The Hall–Kier alpha value is -1.10. The molecule has 0 radical (unpaired) electrons. The molecule has 0 aromatic carbocycles. The largest absolute Gasteiger partial charge is 0.480 e. The van der Waals surface area contributed by atoms with Crippen LogP contribution >= 0.6 is 0 Å². The number of hydrogen-bond acceptors (Lipinski definition) is 3. The summed E-state index contributed by atoms with van der Waals surface area (Å²) in [5.41, 5.74) is 0. The lowest BCUT2D eigenvalue weighted by molar-refractivity contribution is -0.138. The van der Waals surface area contributed by atoms with E-state index in [4.69, 9.17) is 5.11 Å². The molecule has 1 amide bonds. The van der Waals surface area contributed by atoms with Gasteiger partial charge in [-0.05, 0) is 31.7 Å². The van der Waals surface area contributed by atoms with Crippen LogP contribution in [0.15, 0.2) is 0 Å². The number of hydrogen-bond donors (Lipinski definition) is 2. The second kappa shape index (κ2) is 8.91. The minimum Gasteiger partial charge on any atom is -0.480 e. The summed E-state index contributed by atoms with van der Waals surface area (Å²) in [4.78, 5) is 24.2. The van der Waals surface area contributed by atoms with Crippen molar-refractivity contribution in [3.63, 3.8) is 0 Å². The maximum atomic E-state index is 11.7. The fourth-order valence-electron chi connectivity index (χ4n) is 2.72. The minimum atomic E-state index is -0.998. The van der Waals surface area contributed by atoms with Crippen molar-refractivity contribution >= 4 is 11.9 Å². The van der Waals surface area contributed by atoms with E-state index < -0.39 is 5.97 Å². The topological polar surface area (TPSA) is 69.6 Å². The second-order valence-corrected chi connectivity index (χ2v) is 5.41. The number of carboxylic acids is 1. The lowest BCUT2D eigenvalue weighted by Gasteiger charge is -2.29. The third-order valence-corrected chi connectivity index (χ3v) is 3.58. The molecule has 1 rings (SSSR count). The quantitative estimate of drug-likeness (QED) is 0.701. The van der Waals surface area contributed by atoms with Crippen LogP contribution in [0.1, 0.15) is 45.4 Å². The Morgan fingerprint density at radius 3 is 2.53 bits per heavy atom. The molecule has 0 aromatic rings. The highest BCUT2D eigenvalue weighted by atomic mass is 16.4. The van der Waals surface area contributed by atoms with E-state index in [0.29, 0.717) is 12.5 Å². The van der Waals surface area contributed by atoms with Crippen molar-refractivity contribution in [1.29, 1.82) is 0 Å². The Bertz CT molecular complexity index is 288. The van der Waals surface area contributed by atoms with Crippen LogP contribution in [0.2, 0.25) is 0 Å². The monoisotopic (exact) mass is 270 g/mol. The van der Waals surface area contributed by atoms with E-state index in [0.717, 1.165) is 19.5 Å². The lowest BCUT2D eigenvalue weighted by Crippen LogP contribution is -2.41. The maximum Gasteiger partial charge on any atom is 0.322 e. The molecule has 1 aliphatic carbocycles.